The molecule has 16 heavy (non-hydrogen) atoms. The first-order valence-corrected chi connectivity index (χ1v) is 4.52. The maximum atomic E-state index is 10.5. The molecule has 0 saturated carbocycles. The highest BCUT2D eigenvalue weighted by Gasteiger charge is 1.97. The van der Waals surface area contributed by atoms with E-state index in [0.29, 0.717) is 5.75 Å². The monoisotopic (exact) mass is 226 g/mol. The molecule has 0 atom stereocenters. The molecule has 1 rings (SSSR count). The highest BCUT2D eigenvalue weighted by Crippen LogP contribution is 2.08. The molecule has 0 radical (unpaired) electrons. The van der Waals surface area contributed by atoms with Gasteiger partial charge in [-0.15, -0.1) is 0 Å². The molecule has 1 aromatic carbocycles. The average Bonchev–Trinajstić information content (AvgIpc) is 2.37. The quantitative estimate of drug-likeness (QED) is 0.448. The number of para-hydroxylation sites is 1. The Kier molecular flexibility index (Phi) is 8.57. The van der Waals surface area contributed by atoms with Gasteiger partial charge in [-0.25, -0.2) is 9.68 Å². The normalized spacial score (nSPS) is 8.38. The van der Waals surface area contributed by atoms with Crippen molar-refractivity contribution in [2.45, 2.75) is 0 Å². The lowest BCUT2D eigenvalue weighted by Gasteiger charge is -2.00. The average molecular weight is 226 g/mol. The van der Waals surface area contributed by atoms with E-state index >= 15 is 0 Å². The lowest BCUT2D eigenvalue weighted by molar-refractivity contribution is -0.207. The van der Waals surface area contributed by atoms with E-state index in [4.69, 9.17) is 10.2 Å². The second-order valence-corrected chi connectivity index (χ2v) is 2.45. The van der Waals surface area contributed by atoms with Crippen molar-refractivity contribution in [3.8, 4) is 5.75 Å². The molecule has 1 aromatic rings. The third-order valence-electron chi connectivity index (χ3n) is 1.23. The largest absolute Gasteiger partial charge is 0.394 e. The highest BCUT2D eigenvalue weighted by atomic mass is 17.2. The Bertz CT molecular complexity index is 295. The van der Waals surface area contributed by atoms with Crippen molar-refractivity contribution in [2.75, 3.05) is 13.2 Å². The van der Waals surface area contributed by atoms with Gasteiger partial charge < -0.3 is 10.2 Å². The lowest BCUT2D eigenvalue weighted by Crippen LogP contribution is -2.03. The Morgan fingerprint density at radius 2 is 1.81 bits per heavy atom. The molecule has 0 saturated heterocycles. The van der Waals surface area contributed by atoms with E-state index in [1.165, 1.54) is 0 Å². The molecule has 0 spiro atoms. The zero-order valence-electron chi connectivity index (χ0n) is 8.70. The fourth-order valence-corrected chi connectivity index (χ4v) is 0.599. The van der Waals surface area contributed by atoms with Gasteiger partial charge in [0.25, 0.3) is 0 Å². The van der Waals surface area contributed by atoms with Crippen molar-refractivity contribution in [3.05, 3.63) is 43.0 Å². The number of aliphatic hydroxyl groups is 2. The zero-order chi connectivity index (χ0) is 12.2. The standard InChI is InChI=1S/C9H8O3.C2H6O2/c1-2-9(10)12-11-8-6-4-3-5-7-8;3-1-2-4/h2-7H,1H2;3-4H,1-2H2. The van der Waals surface area contributed by atoms with Gasteiger partial charge in [-0.1, -0.05) is 24.8 Å². The van der Waals surface area contributed by atoms with Gasteiger partial charge in [0.15, 0.2) is 5.75 Å². The molecular formula is C11H14O5. The van der Waals surface area contributed by atoms with Crippen molar-refractivity contribution in [1.29, 1.82) is 0 Å². The van der Waals surface area contributed by atoms with Crippen LogP contribution in [0.25, 0.3) is 0 Å². The van der Waals surface area contributed by atoms with E-state index in [9.17, 15) is 4.79 Å². The summed E-state index contributed by atoms with van der Waals surface area (Å²) in [4.78, 5) is 19.5. The second-order valence-electron chi connectivity index (χ2n) is 2.45. The minimum atomic E-state index is -0.612. The molecule has 0 aliphatic heterocycles. The number of hydrogen-bond acceptors (Lipinski definition) is 5. The Morgan fingerprint density at radius 1 is 1.25 bits per heavy atom. The first-order valence-electron chi connectivity index (χ1n) is 4.52. The molecule has 0 fully saturated rings. The minimum absolute atomic E-state index is 0.125. The summed E-state index contributed by atoms with van der Waals surface area (Å²) in [6.45, 7) is 2.97. The first kappa shape index (κ1) is 14.2. The molecular weight excluding hydrogens is 212 g/mol. The number of rotatable bonds is 4. The van der Waals surface area contributed by atoms with Crippen LogP contribution in [0.4, 0.5) is 0 Å². The van der Waals surface area contributed by atoms with Crippen molar-refractivity contribution in [1.82, 2.24) is 0 Å². The number of hydrogen-bond donors (Lipinski definition) is 2. The van der Waals surface area contributed by atoms with Gasteiger partial charge >= 0.3 is 5.97 Å². The first-order chi connectivity index (χ1) is 7.74. The third-order valence-corrected chi connectivity index (χ3v) is 1.23. The molecule has 88 valence electrons. The van der Waals surface area contributed by atoms with Crippen molar-refractivity contribution in [3.63, 3.8) is 0 Å². The maximum absolute atomic E-state index is 10.5. The summed E-state index contributed by atoms with van der Waals surface area (Å²) in [5.74, 6) is -0.133. The molecule has 0 aliphatic rings. The topological polar surface area (TPSA) is 76.0 Å². The minimum Gasteiger partial charge on any atom is -0.394 e. The van der Waals surface area contributed by atoms with Crippen molar-refractivity contribution < 1.29 is 24.8 Å². The zero-order valence-corrected chi connectivity index (χ0v) is 8.70. The van der Waals surface area contributed by atoms with E-state index in [1.807, 2.05) is 6.07 Å². The van der Waals surface area contributed by atoms with Crippen molar-refractivity contribution in [2.24, 2.45) is 0 Å². The van der Waals surface area contributed by atoms with Crippen LogP contribution < -0.4 is 4.89 Å². The summed E-state index contributed by atoms with van der Waals surface area (Å²) < 4.78 is 0. The molecule has 0 heterocycles. The highest BCUT2D eigenvalue weighted by molar-refractivity contribution is 5.80. The van der Waals surface area contributed by atoms with E-state index in [1.54, 1.807) is 24.3 Å². The lowest BCUT2D eigenvalue weighted by atomic mass is 10.3. The molecule has 5 nitrogen and oxygen atoms in total. The predicted molar refractivity (Wildman–Crippen MR) is 57.5 cm³/mol. The van der Waals surface area contributed by atoms with E-state index < -0.39 is 5.97 Å². The van der Waals surface area contributed by atoms with E-state index in [2.05, 4.69) is 16.4 Å². The Balaban J connectivity index is 0.000000487. The van der Waals surface area contributed by atoms with Gasteiger partial charge in [-0.2, -0.15) is 0 Å². The summed E-state index contributed by atoms with van der Waals surface area (Å²) in [7, 11) is 0. The fraction of sp³-hybridized carbons (Fsp3) is 0.182. The Morgan fingerprint density at radius 3 is 2.25 bits per heavy atom. The van der Waals surface area contributed by atoms with Crippen LogP contribution in [-0.4, -0.2) is 29.4 Å². The van der Waals surface area contributed by atoms with Crippen molar-refractivity contribution >= 4 is 5.97 Å². The number of aliphatic hydroxyl groups excluding tert-OH is 2. The van der Waals surface area contributed by atoms with Crippen LogP contribution in [0.3, 0.4) is 0 Å². The maximum Gasteiger partial charge on any atom is 0.378 e. The molecule has 0 aromatic heterocycles. The van der Waals surface area contributed by atoms with Gasteiger partial charge in [0, 0.05) is 6.08 Å². The van der Waals surface area contributed by atoms with Gasteiger partial charge in [-0.05, 0) is 12.1 Å². The number of benzene rings is 1. The van der Waals surface area contributed by atoms with Crippen LogP contribution in [-0.2, 0) is 9.68 Å². The Hall–Kier alpha value is -1.85. The predicted octanol–water partition coefficient (Wildman–Crippen LogP) is 0.681. The summed E-state index contributed by atoms with van der Waals surface area (Å²) in [6.07, 6.45) is 1.03. The third kappa shape index (κ3) is 7.54. The van der Waals surface area contributed by atoms with E-state index in [0.717, 1.165) is 6.08 Å². The Labute approximate surface area is 93.5 Å². The SMILES string of the molecule is C=CC(=O)OOc1ccccc1.OCCO. The molecule has 2 N–H and O–H groups in total. The van der Waals surface area contributed by atoms with E-state index in [-0.39, 0.29) is 13.2 Å². The van der Waals surface area contributed by atoms with Crippen LogP contribution in [0.1, 0.15) is 0 Å². The molecule has 0 unspecified atom stereocenters. The van der Waals surface area contributed by atoms with Crippen LogP contribution in [0.15, 0.2) is 43.0 Å². The van der Waals surface area contributed by atoms with Gasteiger partial charge in [0.1, 0.15) is 0 Å². The van der Waals surface area contributed by atoms with Crippen LogP contribution in [0, 0.1) is 0 Å². The van der Waals surface area contributed by atoms with Crippen LogP contribution in [0.2, 0.25) is 0 Å². The summed E-state index contributed by atoms with van der Waals surface area (Å²) >= 11 is 0. The van der Waals surface area contributed by atoms with Gasteiger partial charge in [0.2, 0.25) is 0 Å². The smallest absolute Gasteiger partial charge is 0.378 e. The van der Waals surface area contributed by atoms with Gasteiger partial charge in [-0.3, -0.25) is 4.89 Å². The molecule has 0 aliphatic carbocycles. The second kappa shape index (κ2) is 9.70. The summed E-state index contributed by atoms with van der Waals surface area (Å²) in [5.41, 5.74) is 0. The van der Waals surface area contributed by atoms with Crippen LogP contribution >= 0.6 is 0 Å². The number of carbonyl (C=O) groups is 1. The summed E-state index contributed by atoms with van der Waals surface area (Å²) in [5, 5.41) is 15.2. The molecule has 0 bridgehead atoms. The number of carbonyl (C=O) groups excluding carboxylic acids is 1. The summed E-state index contributed by atoms with van der Waals surface area (Å²) in [6, 6.07) is 8.74. The van der Waals surface area contributed by atoms with Gasteiger partial charge in [0.05, 0.1) is 13.2 Å². The molecule has 0 amide bonds. The molecule has 5 heteroatoms. The fourth-order valence-electron chi connectivity index (χ4n) is 0.599. The van der Waals surface area contributed by atoms with Crippen LogP contribution in [0.5, 0.6) is 5.75 Å².